The Morgan fingerprint density at radius 2 is 2.18 bits per heavy atom. The van der Waals surface area contributed by atoms with Gasteiger partial charge in [0.15, 0.2) is 5.76 Å². The highest BCUT2D eigenvalue weighted by Gasteiger charge is 2.13. The van der Waals surface area contributed by atoms with Crippen molar-refractivity contribution in [3.05, 3.63) is 24.2 Å². The predicted octanol–water partition coefficient (Wildman–Crippen LogP) is 1.33. The van der Waals surface area contributed by atoms with E-state index in [4.69, 9.17) is 4.42 Å². The van der Waals surface area contributed by atoms with Crippen molar-refractivity contribution in [1.29, 1.82) is 0 Å². The summed E-state index contributed by atoms with van der Waals surface area (Å²) < 4.78 is 4.97. The van der Waals surface area contributed by atoms with Gasteiger partial charge in [0, 0.05) is 19.5 Å². The van der Waals surface area contributed by atoms with Crippen LogP contribution in [-0.4, -0.2) is 38.0 Å². The first-order valence-electron chi connectivity index (χ1n) is 7.55. The van der Waals surface area contributed by atoms with Crippen LogP contribution < -0.4 is 16.0 Å². The molecule has 1 aromatic heterocycles. The van der Waals surface area contributed by atoms with Crippen molar-refractivity contribution in [3.63, 3.8) is 0 Å². The number of hydrogen-bond donors (Lipinski definition) is 3. The van der Waals surface area contributed by atoms with Crippen LogP contribution in [-0.2, 0) is 4.79 Å². The summed E-state index contributed by atoms with van der Waals surface area (Å²) in [5.74, 6) is 0.609. The van der Waals surface area contributed by atoms with Gasteiger partial charge in [0.1, 0.15) is 0 Å². The zero-order valence-corrected chi connectivity index (χ0v) is 13.4. The molecule has 0 aliphatic carbocycles. The Balaban J connectivity index is 0.00000242. The Morgan fingerprint density at radius 1 is 1.32 bits per heavy atom. The van der Waals surface area contributed by atoms with Crippen molar-refractivity contribution in [2.45, 2.75) is 25.7 Å². The standard InChI is InChI=1S/C15H23N3O3.ClH/c19-14(17-8-5-12-3-1-7-16-11-12)6-9-18-15(20)13-4-2-10-21-13;/h2,4,10,12,16H,1,3,5-9,11H2,(H,17,19)(H,18,20);1H. The maximum atomic E-state index is 11.7. The SMILES string of the molecule is Cl.O=C(CCNC(=O)c1ccco1)NCCC1CCCNC1. The molecule has 7 heteroatoms. The molecule has 2 rings (SSSR count). The molecule has 0 bridgehead atoms. The van der Waals surface area contributed by atoms with Gasteiger partial charge in [-0.05, 0) is 50.4 Å². The Morgan fingerprint density at radius 3 is 2.86 bits per heavy atom. The summed E-state index contributed by atoms with van der Waals surface area (Å²) in [6.07, 6.45) is 5.20. The third kappa shape index (κ3) is 6.49. The Hall–Kier alpha value is -1.53. The molecule has 1 aromatic rings. The van der Waals surface area contributed by atoms with Crippen molar-refractivity contribution in [2.75, 3.05) is 26.2 Å². The van der Waals surface area contributed by atoms with E-state index in [1.54, 1.807) is 12.1 Å². The number of halogens is 1. The maximum absolute atomic E-state index is 11.7. The minimum Gasteiger partial charge on any atom is -0.459 e. The second-order valence-electron chi connectivity index (χ2n) is 5.33. The lowest BCUT2D eigenvalue weighted by Crippen LogP contribution is -2.34. The fraction of sp³-hybridized carbons (Fsp3) is 0.600. The molecule has 3 N–H and O–H groups in total. The number of hydrogen-bond acceptors (Lipinski definition) is 4. The summed E-state index contributed by atoms with van der Waals surface area (Å²) in [7, 11) is 0. The van der Waals surface area contributed by atoms with Crippen molar-refractivity contribution in [3.8, 4) is 0 Å². The topological polar surface area (TPSA) is 83.4 Å². The minimum atomic E-state index is -0.291. The Bertz CT molecular complexity index is 445. The number of rotatable bonds is 7. The molecule has 2 amide bonds. The van der Waals surface area contributed by atoms with E-state index in [9.17, 15) is 9.59 Å². The second kappa shape index (κ2) is 10.2. The van der Waals surface area contributed by atoms with Gasteiger partial charge in [0.25, 0.3) is 5.91 Å². The molecule has 1 atom stereocenters. The molecule has 6 nitrogen and oxygen atoms in total. The quantitative estimate of drug-likeness (QED) is 0.704. The molecule has 1 unspecified atom stereocenters. The van der Waals surface area contributed by atoms with Crippen LogP contribution >= 0.6 is 12.4 Å². The molecule has 1 fully saturated rings. The van der Waals surface area contributed by atoms with Crippen molar-refractivity contribution in [1.82, 2.24) is 16.0 Å². The van der Waals surface area contributed by atoms with Gasteiger partial charge in [-0.3, -0.25) is 9.59 Å². The third-order valence-corrected chi connectivity index (χ3v) is 3.66. The van der Waals surface area contributed by atoms with Gasteiger partial charge in [-0.25, -0.2) is 0 Å². The van der Waals surface area contributed by atoms with Crippen LogP contribution in [0.15, 0.2) is 22.8 Å². The number of carbonyl (C=O) groups is 2. The summed E-state index contributed by atoms with van der Waals surface area (Å²) in [6.45, 7) is 3.18. The predicted molar refractivity (Wildman–Crippen MR) is 86.1 cm³/mol. The zero-order valence-electron chi connectivity index (χ0n) is 12.6. The van der Waals surface area contributed by atoms with Crippen molar-refractivity contribution < 1.29 is 14.0 Å². The molecule has 124 valence electrons. The fourth-order valence-corrected chi connectivity index (χ4v) is 2.46. The van der Waals surface area contributed by atoms with Gasteiger partial charge in [-0.2, -0.15) is 0 Å². The average Bonchev–Trinajstić information content (AvgIpc) is 3.02. The Kier molecular flexibility index (Phi) is 8.62. The molecule has 0 radical (unpaired) electrons. The number of amides is 2. The lowest BCUT2D eigenvalue weighted by molar-refractivity contribution is -0.121. The first-order chi connectivity index (χ1) is 10.3. The van der Waals surface area contributed by atoms with Gasteiger partial charge in [-0.1, -0.05) is 0 Å². The number of furan rings is 1. The van der Waals surface area contributed by atoms with E-state index in [1.807, 2.05) is 0 Å². The van der Waals surface area contributed by atoms with Gasteiger partial charge >= 0.3 is 0 Å². The summed E-state index contributed by atoms with van der Waals surface area (Å²) in [4.78, 5) is 23.2. The molecular formula is C15H24ClN3O3. The molecule has 1 aliphatic heterocycles. The van der Waals surface area contributed by atoms with Crippen LogP contribution in [0.3, 0.4) is 0 Å². The average molecular weight is 330 g/mol. The smallest absolute Gasteiger partial charge is 0.286 e. The van der Waals surface area contributed by atoms with Crippen LogP contribution in [0.25, 0.3) is 0 Å². The van der Waals surface area contributed by atoms with Crippen LogP contribution in [0.1, 0.15) is 36.2 Å². The van der Waals surface area contributed by atoms with Gasteiger partial charge in [-0.15, -0.1) is 12.4 Å². The normalized spacial score (nSPS) is 17.4. The first kappa shape index (κ1) is 18.5. The van der Waals surface area contributed by atoms with E-state index in [0.29, 0.717) is 19.0 Å². The van der Waals surface area contributed by atoms with E-state index in [1.165, 1.54) is 19.1 Å². The molecule has 2 heterocycles. The van der Waals surface area contributed by atoms with Crippen LogP contribution in [0.5, 0.6) is 0 Å². The highest BCUT2D eigenvalue weighted by Crippen LogP contribution is 2.12. The Labute approximate surface area is 136 Å². The van der Waals surface area contributed by atoms with Crippen LogP contribution in [0.4, 0.5) is 0 Å². The van der Waals surface area contributed by atoms with Crippen LogP contribution in [0.2, 0.25) is 0 Å². The summed E-state index contributed by atoms with van der Waals surface area (Å²) >= 11 is 0. The van der Waals surface area contributed by atoms with Gasteiger partial charge in [0.2, 0.25) is 5.91 Å². The molecule has 0 saturated carbocycles. The molecule has 0 spiro atoms. The highest BCUT2D eigenvalue weighted by atomic mass is 35.5. The van der Waals surface area contributed by atoms with E-state index in [-0.39, 0.29) is 36.4 Å². The number of carbonyl (C=O) groups excluding carboxylic acids is 2. The molecule has 1 aliphatic rings. The highest BCUT2D eigenvalue weighted by molar-refractivity contribution is 5.91. The fourth-order valence-electron chi connectivity index (χ4n) is 2.46. The van der Waals surface area contributed by atoms with Crippen molar-refractivity contribution >= 4 is 24.2 Å². The second-order valence-corrected chi connectivity index (χ2v) is 5.33. The summed E-state index contributed by atoms with van der Waals surface area (Å²) in [5.41, 5.74) is 0. The van der Waals surface area contributed by atoms with Gasteiger partial charge in [0.05, 0.1) is 6.26 Å². The molecule has 1 saturated heterocycles. The number of nitrogens with one attached hydrogen (secondary N) is 3. The van der Waals surface area contributed by atoms with E-state index < -0.39 is 0 Å². The van der Waals surface area contributed by atoms with Gasteiger partial charge < -0.3 is 20.4 Å². The minimum absolute atomic E-state index is 0. The number of piperidine rings is 1. The van der Waals surface area contributed by atoms with E-state index in [0.717, 1.165) is 19.5 Å². The lowest BCUT2D eigenvalue weighted by Gasteiger charge is -2.22. The molecular weight excluding hydrogens is 306 g/mol. The largest absolute Gasteiger partial charge is 0.459 e. The molecule has 0 aromatic carbocycles. The monoisotopic (exact) mass is 329 g/mol. The maximum Gasteiger partial charge on any atom is 0.286 e. The summed E-state index contributed by atoms with van der Waals surface area (Å²) in [5, 5.41) is 8.91. The molecule has 22 heavy (non-hydrogen) atoms. The lowest BCUT2D eigenvalue weighted by atomic mass is 9.96. The first-order valence-corrected chi connectivity index (χ1v) is 7.55. The third-order valence-electron chi connectivity index (χ3n) is 3.66. The van der Waals surface area contributed by atoms with Crippen molar-refractivity contribution in [2.24, 2.45) is 5.92 Å². The zero-order chi connectivity index (χ0) is 14.9. The van der Waals surface area contributed by atoms with E-state index >= 15 is 0 Å². The van der Waals surface area contributed by atoms with Crippen LogP contribution in [0, 0.1) is 5.92 Å². The van der Waals surface area contributed by atoms with E-state index in [2.05, 4.69) is 16.0 Å². The summed E-state index contributed by atoms with van der Waals surface area (Å²) in [6, 6.07) is 3.25.